The molecule has 2 aliphatic carbocycles. The Bertz CT molecular complexity index is 183. The summed E-state index contributed by atoms with van der Waals surface area (Å²) in [4.78, 5) is 0. The van der Waals surface area contributed by atoms with E-state index in [2.05, 4.69) is 5.32 Å². The second-order valence-electron chi connectivity index (χ2n) is 5.71. The number of aliphatic hydroxyl groups is 1. The zero-order chi connectivity index (χ0) is 11.2. The molecule has 2 N–H and O–H groups in total. The van der Waals surface area contributed by atoms with E-state index in [-0.39, 0.29) is 0 Å². The first-order chi connectivity index (χ1) is 7.90. The molecule has 0 amide bonds. The number of hydrogen-bond acceptors (Lipinski definition) is 2. The predicted octanol–water partition coefficient (Wildman–Crippen LogP) is 2.71. The summed E-state index contributed by atoms with van der Waals surface area (Å²) < 4.78 is 0. The Balaban J connectivity index is 1.68. The topological polar surface area (TPSA) is 32.3 Å². The average molecular weight is 225 g/mol. The van der Waals surface area contributed by atoms with Crippen LogP contribution in [0, 0.1) is 11.8 Å². The lowest BCUT2D eigenvalue weighted by Gasteiger charge is -2.24. The van der Waals surface area contributed by atoms with E-state index in [1.807, 2.05) is 0 Å². The largest absolute Gasteiger partial charge is 0.396 e. The van der Waals surface area contributed by atoms with Gasteiger partial charge in [-0.05, 0) is 37.6 Å². The van der Waals surface area contributed by atoms with Crippen molar-refractivity contribution in [2.45, 2.75) is 63.8 Å². The van der Waals surface area contributed by atoms with Gasteiger partial charge in [0, 0.05) is 12.6 Å². The maximum atomic E-state index is 9.52. The molecule has 0 saturated heterocycles. The Hall–Kier alpha value is -0.0800. The molecular weight excluding hydrogens is 198 g/mol. The Labute approximate surface area is 99.8 Å². The Morgan fingerprint density at radius 2 is 1.69 bits per heavy atom. The molecule has 0 aromatic carbocycles. The quantitative estimate of drug-likeness (QED) is 0.681. The van der Waals surface area contributed by atoms with Gasteiger partial charge in [0.2, 0.25) is 0 Å². The minimum Gasteiger partial charge on any atom is -0.396 e. The lowest BCUT2D eigenvalue weighted by atomic mass is 9.84. The van der Waals surface area contributed by atoms with Gasteiger partial charge in [-0.2, -0.15) is 0 Å². The van der Waals surface area contributed by atoms with Crippen LogP contribution in [0.25, 0.3) is 0 Å². The van der Waals surface area contributed by atoms with Crippen LogP contribution in [0.3, 0.4) is 0 Å². The Morgan fingerprint density at radius 1 is 1.00 bits per heavy atom. The van der Waals surface area contributed by atoms with Crippen molar-refractivity contribution in [3.05, 3.63) is 0 Å². The van der Waals surface area contributed by atoms with E-state index in [1.54, 1.807) is 0 Å². The molecule has 1 atom stereocenters. The third-order valence-corrected chi connectivity index (χ3v) is 4.33. The first-order valence-electron chi connectivity index (χ1n) is 7.24. The number of hydrogen-bond donors (Lipinski definition) is 2. The fourth-order valence-corrected chi connectivity index (χ4v) is 3.02. The summed E-state index contributed by atoms with van der Waals surface area (Å²) in [7, 11) is 0. The van der Waals surface area contributed by atoms with Gasteiger partial charge in [-0.25, -0.2) is 0 Å². The Kier molecular flexibility index (Phi) is 5.11. The monoisotopic (exact) mass is 225 g/mol. The smallest absolute Gasteiger partial charge is 0.0462 e. The second kappa shape index (κ2) is 6.61. The predicted molar refractivity (Wildman–Crippen MR) is 67.4 cm³/mol. The molecule has 0 aromatic heterocycles. The minimum absolute atomic E-state index is 0.400. The van der Waals surface area contributed by atoms with Crippen molar-refractivity contribution in [3.8, 4) is 0 Å². The molecular formula is C14H27NO. The van der Waals surface area contributed by atoms with Crippen LogP contribution < -0.4 is 5.32 Å². The van der Waals surface area contributed by atoms with Crippen molar-refractivity contribution >= 4 is 0 Å². The van der Waals surface area contributed by atoms with Gasteiger partial charge >= 0.3 is 0 Å². The SMILES string of the molecule is OCC(CCNC1CC1)C1CCCCCC1. The summed E-state index contributed by atoms with van der Waals surface area (Å²) in [6, 6.07) is 0.813. The van der Waals surface area contributed by atoms with Gasteiger partial charge in [0.15, 0.2) is 0 Å². The fourth-order valence-electron chi connectivity index (χ4n) is 3.02. The van der Waals surface area contributed by atoms with E-state index in [0.29, 0.717) is 12.5 Å². The molecule has 0 heterocycles. The first-order valence-corrected chi connectivity index (χ1v) is 7.24. The van der Waals surface area contributed by atoms with E-state index in [1.165, 1.54) is 57.8 Å². The maximum Gasteiger partial charge on any atom is 0.0462 e. The zero-order valence-electron chi connectivity index (χ0n) is 10.5. The van der Waals surface area contributed by atoms with Gasteiger partial charge in [-0.15, -0.1) is 0 Å². The molecule has 1 unspecified atom stereocenters. The maximum absolute atomic E-state index is 9.52. The molecule has 0 spiro atoms. The standard InChI is InChI=1S/C14H27NO/c16-11-13(9-10-15-14-7-8-14)12-5-3-1-2-4-6-12/h12-16H,1-11H2. The third-order valence-electron chi connectivity index (χ3n) is 4.33. The van der Waals surface area contributed by atoms with Gasteiger partial charge in [0.1, 0.15) is 0 Å². The lowest BCUT2D eigenvalue weighted by molar-refractivity contribution is 0.155. The van der Waals surface area contributed by atoms with Crippen molar-refractivity contribution in [2.24, 2.45) is 11.8 Å². The highest BCUT2D eigenvalue weighted by atomic mass is 16.3. The lowest BCUT2D eigenvalue weighted by Crippen LogP contribution is -2.25. The Morgan fingerprint density at radius 3 is 2.25 bits per heavy atom. The third kappa shape index (κ3) is 4.06. The second-order valence-corrected chi connectivity index (χ2v) is 5.71. The van der Waals surface area contributed by atoms with Crippen molar-refractivity contribution in [2.75, 3.05) is 13.2 Å². The van der Waals surface area contributed by atoms with Gasteiger partial charge < -0.3 is 10.4 Å². The van der Waals surface area contributed by atoms with Crippen molar-refractivity contribution in [1.29, 1.82) is 0 Å². The molecule has 0 aliphatic heterocycles. The van der Waals surface area contributed by atoms with Crippen molar-refractivity contribution in [1.82, 2.24) is 5.32 Å². The molecule has 94 valence electrons. The summed E-state index contributed by atoms with van der Waals surface area (Å²) >= 11 is 0. The molecule has 2 aliphatic rings. The van der Waals surface area contributed by atoms with E-state index in [0.717, 1.165) is 18.5 Å². The molecule has 2 nitrogen and oxygen atoms in total. The summed E-state index contributed by atoms with van der Waals surface area (Å²) in [6.45, 7) is 1.52. The molecule has 0 radical (unpaired) electrons. The van der Waals surface area contributed by atoms with Gasteiger partial charge in [0.05, 0.1) is 0 Å². The van der Waals surface area contributed by atoms with Gasteiger partial charge in [-0.1, -0.05) is 38.5 Å². The van der Waals surface area contributed by atoms with Gasteiger partial charge in [-0.3, -0.25) is 0 Å². The summed E-state index contributed by atoms with van der Waals surface area (Å²) in [5.41, 5.74) is 0. The molecule has 2 fully saturated rings. The van der Waals surface area contributed by atoms with Crippen LogP contribution in [0.4, 0.5) is 0 Å². The molecule has 0 bridgehead atoms. The van der Waals surface area contributed by atoms with Crippen LogP contribution in [0.2, 0.25) is 0 Å². The fraction of sp³-hybridized carbons (Fsp3) is 1.00. The zero-order valence-corrected chi connectivity index (χ0v) is 10.5. The average Bonchev–Trinajstić information content (AvgIpc) is 3.11. The minimum atomic E-state index is 0.400. The van der Waals surface area contributed by atoms with Crippen LogP contribution in [0.5, 0.6) is 0 Å². The van der Waals surface area contributed by atoms with Gasteiger partial charge in [0.25, 0.3) is 0 Å². The highest BCUT2D eigenvalue weighted by Crippen LogP contribution is 2.30. The number of nitrogens with one attached hydrogen (secondary N) is 1. The van der Waals surface area contributed by atoms with Crippen molar-refractivity contribution in [3.63, 3.8) is 0 Å². The number of aliphatic hydroxyl groups excluding tert-OH is 1. The highest BCUT2D eigenvalue weighted by Gasteiger charge is 2.24. The highest BCUT2D eigenvalue weighted by molar-refractivity contribution is 4.81. The van der Waals surface area contributed by atoms with Crippen molar-refractivity contribution < 1.29 is 5.11 Å². The molecule has 2 saturated carbocycles. The molecule has 2 rings (SSSR count). The summed E-state index contributed by atoms with van der Waals surface area (Å²) in [6.07, 6.45) is 12.2. The summed E-state index contributed by atoms with van der Waals surface area (Å²) in [5.74, 6) is 1.36. The van der Waals surface area contributed by atoms with E-state index < -0.39 is 0 Å². The molecule has 2 heteroatoms. The van der Waals surface area contributed by atoms with Crippen LogP contribution in [0.15, 0.2) is 0 Å². The van der Waals surface area contributed by atoms with Crippen LogP contribution in [0.1, 0.15) is 57.8 Å². The van der Waals surface area contributed by atoms with Crippen LogP contribution in [-0.4, -0.2) is 24.3 Å². The first kappa shape index (κ1) is 12.4. The van der Waals surface area contributed by atoms with E-state index in [9.17, 15) is 5.11 Å². The van der Waals surface area contributed by atoms with E-state index in [4.69, 9.17) is 0 Å². The number of rotatable bonds is 6. The molecule has 16 heavy (non-hydrogen) atoms. The molecule has 0 aromatic rings. The summed E-state index contributed by atoms with van der Waals surface area (Å²) in [5, 5.41) is 13.1. The van der Waals surface area contributed by atoms with E-state index >= 15 is 0 Å². The normalized spacial score (nSPS) is 25.3. The van der Waals surface area contributed by atoms with Crippen LogP contribution >= 0.6 is 0 Å². The van der Waals surface area contributed by atoms with Crippen LogP contribution in [-0.2, 0) is 0 Å².